The topological polar surface area (TPSA) is 20.2 Å². The fourth-order valence-electron chi connectivity index (χ4n) is 3.18. The van der Waals surface area contributed by atoms with Gasteiger partial charge >= 0.3 is 6.18 Å². The van der Waals surface area contributed by atoms with Crippen LogP contribution in [0.25, 0.3) is 11.1 Å². The molecule has 0 spiro atoms. The van der Waals surface area contributed by atoms with Crippen LogP contribution in [0, 0.1) is 20.8 Å². The highest BCUT2D eigenvalue weighted by Gasteiger charge is 2.61. The minimum Gasteiger partial charge on any atom is -0.372 e. The molecule has 1 atom stereocenters. The van der Waals surface area contributed by atoms with Gasteiger partial charge in [-0.05, 0) is 48.6 Å². The Bertz CT molecular complexity index is 746. The first kappa shape index (κ1) is 14.1. The molecule has 1 N–H and O–H groups in total. The molecule has 2 aromatic carbocycles. The first-order chi connectivity index (χ1) is 9.69. The van der Waals surface area contributed by atoms with Gasteiger partial charge in [-0.25, -0.2) is 0 Å². The Morgan fingerprint density at radius 3 is 2.19 bits per heavy atom. The molecule has 0 fully saturated rings. The molecule has 0 radical (unpaired) electrons. The summed E-state index contributed by atoms with van der Waals surface area (Å²) in [5.41, 5.74) is 0.399. The van der Waals surface area contributed by atoms with Gasteiger partial charge in [0, 0.05) is 11.1 Å². The second-order valence-corrected chi connectivity index (χ2v) is 5.62. The van der Waals surface area contributed by atoms with Crippen molar-refractivity contribution in [1.29, 1.82) is 0 Å². The molecule has 2 aromatic rings. The standard InChI is InChI=1S/C17H15F3O/c1-9-8-14-15(11(3)10(9)2)12-6-4-5-7-13(12)16(14,21)17(18,19)20/h4-8,21H,1-3H3. The largest absolute Gasteiger partial charge is 0.425 e. The van der Waals surface area contributed by atoms with Crippen molar-refractivity contribution < 1.29 is 18.3 Å². The summed E-state index contributed by atoms with van der Waals surface area (Å²) in [5, 5.41) is 10.5. The zero-order valence-electron chi connectivity index (χ0n) is 12.0. The van der Waals surface area contributed by atoms with E-state index >= 15 is 0 Å². The molecule has 0 saturated carbocycles. The van der Waals surface area contributed by atoms with Crippen LogP contribution in [0.2, 0.25) is 0 Å². The average molecular weight is 292 g/mol. The van der Waals surface area contributed by atoms with E-state index in [2.05, 4.69) is 0 Å². The lowest BCUT2D eigenvalue weighted by atomic mass is 9.87. The molecular formula is C17H15F3O. The molecule has 0 heterocycles. The Labute approximate surface area is 121 Å². The van der Waals surface area contributed by atoms with Gasteiger partial charge in [-0.2, -0.15) is 13.2 Å². The lowest BCUT2D eigenvalue weighted by Gasteiger charge is -2.29. The molecule has 0 amide bonds. The maximum atomic E-state index is 13.6. The summed E-state index contributed by atoms with van der Waals surface area (Å²) < 4.78 is 40.8. The Morgan fingerprint density at radius 1 is 0.952 bits per heavy atom. The molecule has 0 aliphatic heterocycles. The number of fused-ring (bicyclic) bond motifs is 3. The number of alkyl halides is 3. The predicted molar refractivity (Wildman–Crippen MR) is 75.1 cm³/mol. The van der Waals surface area contributed by atoms with Crippen molar-refractivity contribution in [1.82, 2.24) is 0 Å². The maximum absolute atomic E-state index is 13.6. The van der Waals surface area contributed by atoms with Crippen LogP contribution >= 0.6 is 0 Å². The lowest BCUT2D eigenvalue weighted by molar-refractivity contribution is -0.246. The molecule has 0 bridgehead atoms. The molecule has 4 heteroatoms. The van der Waals surface area contributed by atoms with Crippen LogP contribution in [0.4, 0.5) is 13.2 Å². The number of benzene rings is 2. The number of aryl methyl sites for hydroxylation is 1. The van der Waals surface area contributed by atoms with E-state index in [0.717, 1.165) is 16.7 Å². The van der Waals surface area contributed by atoms with Crippen molar-refractivity contribution in [2.24, 2.45) is 0 Å². The van der Waals surface area contributed by atoms with Crippen LogP contribution in [0.1, 0.15) is 27.8 Å². The molecular weight excluding hydrogens is 277 g/mol. The van der Waals surface area contributed by atoms with Crippen molar-refractivity contribution in [2.75, 3.05) is 0 Å². The van der Waals surface area contributed by atoms with E-state index < -0.39 is 11.8 Å². The van der Waals surface area contributed by atoms with E-state index in [0.29, 0.717) is 11.1 Å². The summed E-state index contributed by atoms with van der Waals surface area (Å²) >= 11 is 0. The second kappa shape index (κ2) is 4.10. The van der Waals surface area contributed by atoms with Gasteiger partial charge in [0.05, 0.1) is 0 Å². The molecule has 0 aromatic heterocycles. The molecule has 3 rings (SSSR count). The third-order valence-electron chi connectivity index (χ3n) is 4.55. The van der Waals surface area contributed by atoms with Crippen LogP contribution in [-0.2, 0) is 5.60 Å². The van der Waals surface area contributed by atoms with Crippen molar-refractivity contribution >= 4 is 0 Å². The van der Waals surface area contributed by atoms with Crippen molar-refractivity contribution in [3.8, 4) is 11.1 Å². The summed E-state index contributed by atoms with van der Waals surface area (Å²) in [6.07, 6.45) is -4.76. The molecule has 1 aliphatic rings. The number of hydrogen-bond acceptors (Lipinski definition) is 1. The van der Waals surface area contributed by atoms with Gasteiger partial charge < -0.3 is 5.11 Å². The molecule has 1 unspecified atom stereocenters. The van der Waals surface area contributed by atoms with Crippen LogP contribution < -0.4 is 0 Å². The highest BCUT2D eigenvalue weighted by molar-refractivity contribution is 5.84. The van der Waals surface area contributed by atoms with Crippen LogP contribution in [-0.4, -0.2) is 11.3 Å². The summed E-state index contributed by atoms with van der Waals surface area (Å²) in [6.45, 7) is 5.46. The van der Waals surface area contributed by atoms with E-state index in [9.17, 15) is 18.3 Å². The highest BCUT2D eigenvalue weighted by Crippen LogP contribution is 2.56. The van der Waals surface area contributed by atoms with Gasteiger partial charge in [0.25, 0.3) is 0 Å². The van der Waals surface area contributed by atoms with Gasteiger partial charge in [0.1, 0.15) is 0 Å². The second-order valence-electron chi connectivity index (χ2n) is 5.62. The van der Waals surface area contributed by atoms with Crippen LogP contribution in [0.15, 0.2) is 30.3 Å². The zero-order valence-corrected chi connectivity index (χ0v) is 12.0. The fourth-order valence-corrected chi connectivity index (χ4v) is 3.18. The lowest BCUT2D eigenvalue weighted by Crippen LogP contribution is -2.41. The van der Waals surface area contributed by atoms with Gasteiger partial charge in [-0.1, -0.05) is 30.3 Å². The van der Waals surface area contributed by atoms with Gasteiger partial charge in [-0.3, -0.25) is 0 Å². The maximum Gasteiger partial charge on any atom is 0.425 e. The summed E-state index contributed by atoms with van der Waals surface area (Å²) in [4.78, 5) is 0. The molecule has 1 nitrogen and oxygen atoms in total. The highest BCUT2D eigenvalue weighted by atomic mass is 19.4. The first-order valence-corrected chi connectivity index (χ1v) is 6.70. The number of halogens is 3. The summed E-state index contributed by atoms with van der Waals surface area (Å²) in [6, 6.07) is 7.67. The monoisotopic (exact) mass is 292 g/mol. The third-order valence-corrected chi connectivity index (χ3v) is 4.55. The minimum atomic E-state index is -4.76. The van der Waals surface area contributed by atoms with Crippen molar-refractivity contribution in [2.45, 2.75) is 32.5 Å². The quantitative estimate of drug-likeness (QED) is 0.763. The van der Waals surface area contributed by atoms with E-state index in [1.807, 2.05) is 6.92 Å². The van der Waals surface area contributed by atoms with Crippen molar-refractivity contribution in [3.63, 3.8) is 0 Å². The smallest absolute Gasteiger partial charge is 0.372 e. The number of rotatable bonds is 0. The fraction of sp³-hybridized carbons (Fsp3) is 0.294. The van der Waals surface area contributed by atoms with Gasteiger partial charge in [0.2, 0.25) is 5.60 Å². The minimum absolute atomic E-state index is 0.0585. The normalized spacial score (nSPS) is 20.3. The Hall–Kier alpha value is -1.81. The average Bonchev–Trinajstić information content (AvgIpc) is 2.67. The molecule has 110 valence electrons. The van der Waals surface area contributed by atoms with E-state index in [1.54, 1.807) is 26.0 Å². The SMILES string of the molecule is Cc1cc2c(c(C)c1C)-c1ccccc1C2(O)C(F)(F)F. The molecule has 0 saturated heterocycles. The zero-order chi connectivity index (χ0) is 15.6. The van der Waals surface area contributed by atoms with E-state index in [-0.39, 0.29) is 11.1 Å². The molecule has 21 heavy (non-hydrogen) atoms. The van der Waals surface area contributed by atoms with E-state index in [4.69, 9.17) is 0 Å². The number of hydrogen-bond donors (Lipinski definition) is 1. The molecule has 1 aliphatic carbocycles. The number of aliphatic hydroxyl groups is 1. The first-order valence-electron chi connectivity index (χ1n) is 6.70. The van der Waals surface area contributed by atoms with Gasteiger partial charge in [0.15, 0.2) is 0 Å². The van der Waals surface area contributed by atoms with Crippen molar-refractivity contribution in [3.05, 3.63) is 58.1 Å². The van der Waals surface area contributed by atoms with Crippen LogP contribution in [0.5, 0.6) is 0 Å². The Morgan fingerprint density at radius 2 is 1.57 bits per heavy atom. The Kier molecular flexibility index (Phi) is 2.76. The Balaban J connectivity index is 2.50. The van der Waals surface area contributed by atoms with Crippen LogP contribution in [0.3, 0.4) is 0 Å². The van der Waals surface area contributed by atoms with Gasteiger partial charge in [-0.15, -0.1) is 0 Å². The predicted octanol–water partition coefficient (Wildman–Crippen LogP) is 4.39. The summed E-state index contributed by atoms with van der Waals surface area (Å²) in [5.74, 6) is 0. The van der Waals surface area contributed by atoms with E-state index in [1.165, 1.54) is 18.2 Å². The summed E-state index contributed by atoms with van der Waals surface area (Å²) in [7, 11) is 0. The third kappa shape index (κ3) is 1.62.